The van der Waals surface area contributed by atoms with Crippen LogP contribution in [0.15, 0.2) is 67.3 Å². The Bertz CT molecular complexity index is 995. The van der Waals surface area contributed by atoms with Crippen LogP contribution in [0.3, 0.4) is 0 Å². The van der Waals surface area contributed by atoms with Gasteiger partial charge in [0.1, 0.15) is 11.7 Å². The first kappa shape index (κ1) is 19.6. The molecule has 0 N–H and O–H groups in total. The fraction of sp³-hybridized carbons (Fsp3) is 0.250. The highest BCUT2D eigenvalue weighted by atomic mass is 16.6. The summed E-state index contributed by atoms with van der Waals surface area (Å²) in [6.07, 6.45) is 1.07. The van der Waals surface area contributed by atoms with E-state index in [0.717, 1.165) is 27.6 Å². The molecule has 0 radical (unpaired) electrons. The van der Waals surface area contributed by atoms with Gasteiger partial charge in [0.25, 0.3) is 0 Å². The molecule has 1 atom stereocenters. The van der Waals surface area contributed by atoms with E-state index in [9.17, 15) is 9.59 Å². The Labute approximate surface area is 164 Å². The number of esters is 2. The zero-order valence-electron chi connectivity index (χ0n) is 16.4. The summed E-state index contributed by atoms with van der Waals surface area (Å²) in [7, 11) is 0. The molecule has 144 valence electrons. The Balaban J connectivity index is 1.90. The summed E-state index contributed by atoms with van der Waals surface area (Å²) in [6, 6.07) is 17.6. The Hall–Kier alpha value is -3.14. The van der Waals surface area contributed by atoms with E-state index in [2.05, 4.69) is 12.6 Å². The highest BCUT2D eigenvalue weighted by molar-refractivity contribution is 6.16. The first-order valence-electron chi connectivity index (χ1n) is 9.27. The van der Waals surface area contributed by atoms with Crippen LogP contribution in [0.25, 0.3) is 21.5 Å². The molecule has 0 saturated carbocycles. The third kappa shape index (κ3) is 4.22. The summed E-state index contributed by atoms with van der Waals surface area (Å²) in [5, 5.41) is 3.69. The van der Waals surface area contributed by atoms with E-state index < -0.39 is 17.7 Å². The van der Waals surface area contributed by atoms with Crippen molar-refractivity contribution in [1.29, 1.82) is 0 Å². The molecule has 0 aromatic heterocycles. The van der Waals surface area contributed by atoms with Crippen molar-refractivity contribution in [3.05, 3.63) is 72.8 Å². The number of fused-ring (bicyclic) bond motifs is 2. The maximum absolute atomic E-state index is 13.1. The van der Waals surface area contributed by atoms with Crippen LogP contribution in [0.1, 0.15) is 37.6 Å². The molecule has 0 amide bonds. The summed E-state index contributed by atoms with van der Waals surface area (Å²) >= 11 is 0. The minimum atomic E-state index is -0.772. The maximum atomic E-state index is 13.1. The number of hydrogen-bond donors (Lipinski definition) is 0. The topological polar surface area (TPSA) is 52.6 Å². The molecular weight excluding hydrogens is 352 g/mol. The molecule has 0 spiro atoms. The predicted molar refractivity (Wildman–Crippen MR) is 111 cm³/mol. The smallest absolute Gasteiger partial charge is 0.339 e. The third-order valence-corrected chi connectivity index (χ3v) is 4.61. The van der Waals surface area contributed by atoms with E-state index >= 15 is 0 Å². The third-order valence-electron chi connectivity index (χ3n) is 4.61. The molecule has 4 nitrogen and oxygen atoms in total. The number of hydrogen-bond acceptors (Lipinski definition) is 4. The first-order valence-corrected chi connectivity index (χ1v) is 9.27. The molecule has 0 aliphatic heterocycles. The lowest BCUT2D eigenvalue weighted by Gasteiger charge is -2.27. The van der Waals surface area contributed by atoms with Crippen molar-refractivity contribution in [3.8, 4) is 0 Å². The normalized spacial score (nSPS) is 12.5. The Morgan fingerprint density at radius 2 is 1.57 bits per heavy atom. The molecule has 3 aromatic rings. The highest BCUT2D eigenvalue weighted by Gasteiger charge is 2.27. The molecule has 0 bridgehead atoms. The number of benzene rings is 3. The molecule has 3 aromatic carbocycles. The molecule has 0 saturated heterocycles. The van der Waals surface area contributed by atoms with Crippen molar-refractivity contribution < 1.29 is 19.1 Å². The van der Waals surface area contributed by atoms with Gasteiger partial charge in [-0.2, -0.15) is 0 Å². The SMILES string of the molecule is C=CC(=O)OC(C)(C)CC(C)OC(=O)c1c2ccccc2cc2ccccc12. The van der Waals surface area contributed by atoms with Gasteiger partial charge in [0.15, 0.2) is 0 Å². The van der Waals surface area contributed by atoms with Crippen LogP contribution in [0.4, 0.5) is 0 Å². The van der Waals surface area contributed by atoms with Gasteiger partial charge in [0, 0.05) is 12.5 Å². The van der Waals surface area contributed by atoms with Gasteiger partial charge >= 0.3 is 11.9 Å². The second-order valence-corrected chi connectivity index (χ2v) is 7.50. The zero-order valence-corrected chi connectivity index (χ0v) is 16.4. The molecule has 0 aliphatic carbocycles. The van der Waals surface area contributed by atoms with Crippen molar-refractivity contribution in [2.45, 2.75) is 38.9 Å². The van der Waals surface area contributed by atoms with Crippen molar-refractivity contribution in [3.63, 3.8) is 0 Å². The second-order valence-electron chi connectivity index (χ2n) is 7.50. The number of ether oxygens (including phenoxy) is 2. The van der Waals surface area contributed by atoms with Crippen LogP contribution in [0.2, 0.25) is 0 Å². The molecule has 4 heteroatoms. The molecule has 28 heavy (non-hydrogen) atoms. The Morgan fingerprint density at radius 3 is 2.11 bits per heavy atom. The van der Waals surface area contributed by atoms with Gasteiger partial charge in [-0.05, 0) is 48.4 Å². The van der Waals surface area contributed by atoms with Gasteiger partial charge in [-0.1, -0.05) is 55.1 Å². The van der Waals surface area contributed by atoms with Gasteiger partial charge in [0.2, 0.25) is 0 Å². The molecule has 0 fully saturated rings. The van der Waals surface area contributed by atoms with Gasteiger partial charge in [-0.15, -0.1) is 0 Å². The minimum absolute atomic E-state index is 0.376. The van der Waals surface area contributed by atoms with Crippen LogP contribution in [-0.4, -0.2) is 23.6 Å². The molecule has 1 unspecified atom stereocenters. The summed E-state index contributed by atoms with van der Waals surface area (Å²) in [5.41, 5.74) is -0.215. The van der Waals surface area contributed by atoms with Crippen molar-refractivity contribution in [2.75, 3.05) is 0 Å². The average molecular weight is 376 g/mol. The standard InChI is InChI=1S/C24H24O4/c1-5-21(25)28-24(3,4)15-16(2)27-23(26)22-19-12-8-6-10-17(19)14-18-11-7-9-13-20(18)22/h5-14,16H,1,15H2,2-4H3. The van der Waals surface area contributed by atoms with Crippen molar-refractivity contribution >= 4 is 33.5 Å². The maximum Gasteiger partial charge on any atom is 0.339 e. The number of carbonyl (C=O) groups is 2. The average Bonchev–Trinajstić information content (AvgIpc) is 2.64. The fourth-order valence-corrected chi connectivity index (χ4v) is 3.56. The number of carbonyl (C=O) groups excluding carboxylic acids is 2. The van der Waals surface area contributed by atoms with Crippen LogP contribution in [-0.2, 0) is 14.3 Å². The van der Waals surface area contributed by atoms with Gasteiger partial charge in [-0.3, -0.25) is 0 Å². The molecule has 0 heterocycles. The van der Waals surface area contributed by atoms with Crippen molar-refractivity contribution in [1.82, 2.24) is 0 Å². The lowest BCUT2D eigenvalue weighted by Crippen LogP contribution is -2.33. The Kier molecular flexibility index (Phi) is 5.50. The van der Waals surface area contributed by atoms with Crippen LogP contribution in [0.5, 0.6) is 0 Å². The molecule has 0 aliphatic rings. The minimum Gasteiger partial charge on any atom is -0.459 e. The molecule has 3 rings (SSSR count). The van der Waals surface area contributed by atoms with Crippen molar-refractivity contribution in [2.24, 2.45) is 0 Å². The van der Waals surface area contributed by atoms with E-state index in [1.54, 1.807) is 20.8 Å². The van der Waals surface area contributed by atoms with E-state index in [0.29, 0.717) is 12.0 Å². The summed E-state index contributed by atoms with van der Waals surface area (Å²) in [5.74, 6) is -0.880. The lowest BCUT2D eigenvalue weighted by atomic mass is 9.96. The van der Waals surface area contributed by atoms with Gasteiger partial charge in [-0.25, -0.2) is 9.59 Å². The monoisotopic (exact) mass is 376 g/mol. The second kappa shape index (κ2) is 7.85. The summed E-state index contributed by atoms with van der Waals surface area (Å²) in [4.78, 5) is 24.6. The Morgan fingerprint density at radius 1 is 1.04 bits per heavy atom. The van der Waals surface area contributed by atoms with Crippen LogP contribution in [0, 0.1) is 0 Å². The zero-order chi connectivity index (χ0) is 20.3. The van der Waals surface area contributed by atoms with Crippen LogP contribution < -0.4 is 0 Å². The fourth-order valence-electron chi connectivity index (χ4n) is 3.56. The first-order chi connectivity index (χ1) is 13.3. The van der Waals surface area contributed by atoms with Gasteiger partial charge < -0.3 is 9.47 Å². The van der Waals surface area contributed by atoms with E-state index in [1.807, 2.05) is 48.5 Å². The van der Waals surface area contributed by atoms with E-state index in [4.69, 9.17) is 9.47 Å². The quantitative estimate of drug-likeness (QED) is 0.327. The largest absolute Gasteiger partial charge is 0.459 e. The van der Waals surface area contributed by atoms with Crippen LogP contribution >= 0.6 is 0 Å². The molecular formula is C24H24O4. The summed E-state index contributed by atoms with van der Waals surface area (Å²) < 4.78 is 11.1. The predicted octanol–water partition coefficient (Wildman–Crippen LogP) is 5.44. The van der Waals surface area contributed by atoms with E-state index in [-0.39, 0.29) is 5.97 Å². The van der Waals surface area contributed by atoms with Gasteiger partial charge in [0.05, 0.1) is 5.56 Å². The van der Waals surface area contributed by atoms with E-state index in [1.165, 1.54) is 0 Å². The summed E-state index contributed by atoms with van der Waals surface area (Å²) in [6.45, 7) is 8.78. The highest BCUT2D eigenvalue weighted by Crippen LogP contribution is 2.30. The lowest BCUT2D eigenvalue weighted by molar-refractivity contribution is -0.152. The number of rotatable bonds is 6.